The Kier molecular flexibility index (Phi) is 7.46. The van der Waals surface area contributed by atoms with Crippen LogP contribution in [0, 0.1) is 17.6 Å². The number of nitrogens with one attached hydrogen (secondary N) is 1. The molecule has 1 aromatic heterocycles. The standard InChI is InChI=1S/C23H22ClF5N4O3/c1-2-12-3-4-18(33(12)22(35)17-7-19(23(27,28)29)31-10-30-17)21(34)32-20(11-8-36-9-11)13-5-16(26)14(24)6-15(13)25/h5-7,10-12,18,20H,2-4,8-9H2,1H3,(H,32,34)/t12-,18-,20?/m1/s1. The molecular weight excluding hydrogens is 511 g/mol. The van der Waals surface area contributed by atoms with Crippen molar-refractivity contribution in [3.05, 3.63) is 58.1 Å². The van der Waals surface area contributed by atoms with Gasteiger partial charge in [0.05, 0.1) is 24.3 Å². The number of likely N-dealkylation sites (tertiary alicyclic amines) is 1. The highest BCUT2D eigenvalue weighted by molar-refractivity contribution is 6.30. The number of carbonyl (C=O) groups is 2. The number of aromatic nitrogens is 2. The van der Waals surface area contributed by atoms with Crippen molar-refractivity contribution in [3.8, 4) is 0 Å². The van der Waals surface area contributed by atoms with Gasteiger partial charge in [-0.25, -0.2) is 18.7 Å². The van der Waals surface area contributed by atoms with Gasteiger partial charge in [0.15, 0.2) is 0 Å². The maximum Gasteiger partial charge on any atom is 0.433 e. The third-order valence-electron chi connectivity index (χ3n) is 6.50. The van der Waals surface area contributed by atoms with E-state index in [0.717, 1.165) is 12.1 Å². The zero-order valence-electron chi connectivity index (χ0n) is 19.0. The van der Waals surface area contributed by atoms with Crippen molar-refractivity contribution in [3.63, 3.8) is 0 Å². The molecule has 3 atom stereocenters. The molecule has 2 aromatic rings. The van der Waals surface area contributed by atoms with Gasteiger partial charge in [-0.3, -0.25) is 9.59 Å². The van der Waals surface area contributed by atoms with E-state index in [0.29, 0.717) is 25.2 Å². The van der Waals surface area contributed by atoms with Gasteiger partial charge in [0.1, 0.15) is 35.4 Å². The summed E-state index contributed by atoms with van der Waals surface area (Å²) < 4.78 is 73.3. The van der Waals surface area contributed by atoms with E-state index in [1.54, 1.807) is 6.92 Å². The second kappa shape index (κ2) is 10.3. The summed E-state index contributed by atoms with van der Waals surface area (Å²) in [6.07, 6.45) is -3.02. The number of rotatable bonds is 6. The number of benzene rings is 1. The molecule has 2 saturated heterocycles. The largest absolute Gasteiger partial charge is 0.433 e. The number of amides is 2. The summed E-state index contributed by atoms with van der Waals surface area (Å²) in [6, 6.07) is -0.165. The summed E-state index contributed by atoms with van der Waals surface area (Å²) in [5.41, 5.74) is -1.89. The molecule has 2 fully saturated rings. The fraction of sp³-hybridized carbons (Fsp3) is 0.478. The Morgan fingerprint density at radius 1 is 1.17 bits per heavy atom. The Morgan fingerprint density at radius 2 is 1.89 bits per heavy atom. The van der Waals surface area contributed by atoms with Crippen LogP contribution < -0.4 is 5.32 Å². The Morgan fingerprint density at radius 3 is 2.50 bits per heavy atom. The highest BCUT2D eigenvalue weighted by Gasteiger charge is 2.43. The summed E-state index contributed by atoms with van der Waals surface area (Å²) in [5.74, 6) is -3.52. The zero-order chi connectivity index (χ0) is 26.2. The van der Waals surface area contributed by atoms with E-state index in [4.69, 9.17) is 16.3 Å². The molecule has 0 bridgehead atoms. The second-order valence-corrected chi connectivity index (χ2v) is 9.13. The first-order valence-corrected chi connectivity index (χ1v) is 11.6. The molecule has 1 N–H and O–H groups in total. The van der Waals surface area contributed by atoms with Crippen molar-refractivity contribution in [2.45, 2.75) is 50.5 Å². The molecule has 36 heavy (non-hydrogen) atoms. The molecule has 3 heterocycles. The van der Waals surface area contributed by atoms with Crippen molar-refractivity contribution < 1.29 is 36.3 Å². The van der Waals surface area contributed by atoms with Crippen molar-refractivity contribution in [2.75, 3.05) is 13.2 Å². The summed E-state index contributed by atoms with van der Waals surface area (Å²) in [6.45, 7) is 2.17. The van der Waals surface area contributed by atoms with Gasteiger partial charge < -0.3 is 15.0 Å². The highest BCUT2D eigenvalue weighted by Crippen LogP contribution is 2.34. The minimum Gasteiger partial charge on any atom is -0.381 e. The molecule has 2 aliphatic rings. The van der Waals surface area contributed by atoms with Gasteiger partial charge in [0, 0.05) is 23.6 Å². The molecule has 194 valence electrons. The van der Waals surface area contributed by atoms with Gasteiger partial charge in [0.2, 0.25) is 5.91 Å². The van der Waals surface area contributed by atoms with Crippen LogP contribution in [0.4, 0.5) is 22.0 Å². The third-order valence-corrected chi connectivity index (χ3v) is 6.78. The maximum atomic E-state index is 14.7. The minimum absolute atomic E-state index is 0.118. The molecule has 7 nitrogen and oxygen atoms in total. The van der Waals surface area contributed by atoms with Crippen molar-refractivity contribution in [2.24, 2.45) is 5.92 Å². The number of hydrogen-bond donors (Lipinski definition) is 1. The molecule has 2 amide bonds. The van der Waals surface area contributed by atoms with Gasteiger partial charge in [-0.15, -0.1) is 0 Å². The fourth-order valence-electron chi connectivity index (χ4n) is 4.53. The SMILES string of the molecule is CC[C@@H]1CC[C@H](C(=O)NC(c2cc(F)c(Cl)cc2F)C2COC2)N1C(=O)c1cc(C(F)(F)F)ncn1. The molecule has 13 heteroatoms. The molecule has 4 rings (SSSR count). The topological polar surface area (TPSA) is 84.4 Å². The Bertz CT molecular complexity index is 1160. The van der Waals surface area contributed by atoms with Crippen LogP contribution in [0.3, 0.4) is 0 Å². The van der Waals surface area contributed by atoms with Crippen LogP contribution in [0.2, 0.25) is 5.02 Å². The number of nitrogens with zero attached hydrogens (tertiary/aromatic N) is 3. The van der Waals surface area contributed by atoms with E-state index in [-0.39, 0.29) is 31.1 Å². The predicted octanol–water partition coefficient (Wildman–Crippen LogP) is 4.31. The fourth-order valence-corrected chi connectivity index (χ4v) is 4.68. The van der Waals surface area contributed by atoms with Crippen LogP contribution in [0.25, 0.3) is 0 Å². The summed E-state index contributed by atoms with van der Waals surface area (Å²) in [7, 11) is 0. The number of carbonyl (C=O) groups excluding carboxylic acids is 2. The lowest BCUT2D eigenvalue weighted by molar-refractivity contribution is -0.141. The van der Waals surface area contributed by atoms with E-state index < -0.39 is 64.2 Å². The highest BCUT2D eigenvalue weighted by atomic mass is 35.5. The number of ether oxygens (including phenoxy) is 1. The third kappa shape index (κ3) is 5.15. The number of halogens is 6. The summed E-state index contributed by atoms with van der Waals surface area (Å²) >= 11 is 5.66. The Labute approximate surface area is 208 Å². The molecule has 2 aliphatic heterocycles. The van der Waals surface area contributed by atoms with Crippen molar-refractivity contribution in [1.29, 1.82) is 0 Å². The van der Waals surface area contributed by atoms with E-state index in [1.807, 2.05) is 0 Å². The lowest BCUT2D eigenvalue weighted by atomic mass is 9.90. The second-order valence-electron chi connectivity index (χ2n) is 8.73. The minimum atomic E-state index is -4.78. The van der Waals surface area contributed by atoms with Crippen molar-refractivity contribution in [1.82, 2.24) is 20.2 Å². The molecular formula is C23H22ClF5N4O3. The van der Waals surface area contributed by atoms with Crippen LogP contribution in [-0.2, 0) is 15.7 Å². The van der Waals surface area contributed by atoms with Crippen LogP contribution in [-0.4, -0.2) is 52.0 Å². The van der Waals surface area contributed by atoms with Crippen molar-refractivity contribution >= 4 is 23.4 Å². The number of hydrogen-bond acceptors (Lipinski definition) is 5. The zero-order valence-corrected chi connectivity index (χ0v) is 19.7. The monoisotopic (exact) mass is 532 g/mol. The lowest BCUT2D eigenvalue weighted by Gasteiger charge is -2.36. The van der Waals surface area contributed by atoms with Gasteiger partial charge in [-0.2, -0.15) is 13.2 Å². The first kappa shape index (κ1) is 26.2. The average molecular weight is 533 g/mol. The van der Waals surface area contributed by atoms with Gasteiger partial charge in [-0.05, 0) is 31.4 Å². The van der Waals surface area contributed by atoms with Crippen LogP contribution in [0.1, 0.15) is 54.0 Å². The van der Waals surface area contributed by atoms with Crippen LogP contribution in [0.15, 0.2) is 24.5 Å². The van der Waals surface area contributed by atoms with E-state index in [9.17, 15) is 31.5 Å². The lowest BCUT2D eigenvalue weighted by Crippen LogP contribution is -2.52. The molecule has 0 saturated carbocycles. The normalized spacial score (nSPS) is 21.2. The molecule has 0 aliphatic carbocycles. The molecule has 0 spiro atoms. The van der Waals surface area contributed by atoms with E-state index >= 15 is 0 Å². The Balaban J connectivity index is 1.61. The molecule has 1 aromatic carbocycles. The summed E-state index contributed by atoms with van der Waals surface area (Å²) in [5, 5.41) is 2.30. The van der Waals surface area contributed by atoms with Crippen LogP contribution >= 0.6 is 11.6 Å². The number of alkyl halides is 3. The van der Waals surface area contributed by atoms with Gasteiger partial charge in [-0.1, -0.05) is 18.5 Å². The first-order chi connectivity index (χ1) is 17.0. The average Bonchev–Trinajstić information content (AvgIpc) is 3.23. The maximum absolute atomic E-state index is 14.7. The van der Waals surface area contributed by atoms with Gasteiger partial charge >= 0.3 is 6.18 Å². The predicted molar refractivity (Wildman–Crippen MR) is 117 cm³/mol. The smallest absolute Gasteiger partial charge is 0.381 e. The first-order valence-electron chi connectivity index (χ1n) is 11.3. The molecule has 1 unspecified atom stereocenters. The molecule has 0 radical (unpaired) electrons. The van der Waals surface area contributed by atoms with Crippen LogP contribution in [0.5, 0.6) is 0 Å². The van der Waals surface area contributed by atoms with Gasteiger partial charge in [0.25, 0.3) is 5.91 Å². The summed E-state index contributed by atoms with van der Waals surface area (Å²) in [4.78, 5) is 34.7. The van der Waals surface area contributed by atoms with E-state index in [1.165, 1.54) is 4.90 Å². The van der Waals surface area contributed by atoms with E-state index in [2.05, 4.69) is 15.3 Å². The Hall–Kier alpha value is -2.86. The quantitative estimate of drug-likeness (QED) is 0.443.